The maximum absolute atomic E-state index is 5.50. The summed E-state index contributed by atoms with van der Waals surface area (Å²) in [5.74, 6) is 0. The van der Waals surface area contributed by atoms with Gasteiger partial charge in [0.2, 0.25) is 0 Å². The number of nitrogens with two attached hydrogens (primary N) is 1. The minimum absolute atomic E-state index is 0.278. The zero-order valence-corrected chi connectivity index (χ0v) is 6.38. The van der Waals surface area contributed by atoms with E-state index in [4.69, 9.17) is 15.2 Å². The van der Waals surface area contributed by atoms with Crippen molar-refractivity contribution in [3.05, 3.63) is 0 Å². The first-order valence-corrected chi connectivity index (χ1v) is 3.71. The summed E-state index contributed by atoms with van der Waals surface area (Å²) in [5, 5.41) is 0. The predicted molar refractivity (Wildman–Crippen MR) is 38.8 cm³/mol. The smallest absolute Gasteiger partial charge is 0.0813 e. The molecule has 0 amide bonds. The Morgan fingerprint density at radius 2 is 2.20 bits per heavy atom. The summed E-state index contributed by atoms with van der Waals surface area (Å²) in [6.07, 6.45) is 2.75. The molecule has 2 atom stereocenters. The number of hydrogen-bond donors (Lipinski definition) is 1. The molecular weight excluding hydrogens is 130 g/mol. The summed E-state index contributed by atoms with van der Waals surface area (Å²) in [6, 6.07) is 0. The fraction of sp³-hybridized carbons (Fsp3) is 1.00. The molecule has 60 valence electrons. The molecule has 3 heteroatoms. The molecule has 2 N–H and O–H groups in total. The number of methoxy groups -OCH3 is 1. The van der Waals surface area contributed by atoms with E-state index in [2.05, 4.69) is 0 Å². The minimum atomic E-state index is 0.278. The lowest BCUT2D eigenvalue weighted by molar-refractivity contribution is 0.00214. The van der Waals surface area contributed by atoms with Gasteiger partial charge in [0.15, 0.2) is 0 Å². The molecule has 1 fully saturated rings. The monoisotopic (exact) mass is 145 g/mol. The van der Waals surface area contributed by atoms with Gasteiger partial charge in [0.1, 0.15) is 0 Å². The zero-order valence-electron chi connectivity index (χ0n) is 6.38. The van der Waals surface area contributed by atoms with Crippen molar-refractivity contribution in [2.45, 2.75) is 25.0 Å². The van der Waals surface area contributed by atoms with E-state index in [1.165, 1.54) is 0 Å². The Balaban J connectivity index is 2.15. The maximum Gasteiger partial charge on any atom is 0.0813 e. The first kappa shape index (κ1) is 7.98. The highest BCUT2D eigenvalue weighted by Crippen LogP contribution is 2.18. The van der Waals surface area contributed by atoms with Crippen molar-refractivity contribution in [2.24, 2.45) is 5.73 Å². The average Bonchev–Trinajstić information content (AvgIpc) is 2.37. The van der Waals surface area contributed by atoms with E-state index in [9.17, 15) is 0 Å². The van der Waals surface area contributed by atoms with Crippen LogP contribution in [0.25, 0.3) is 0 Å². The van der Waals surface area contributed by atoms with Gasteiger partial charge in [-0.1, -0.05) is 0 Å². The fourth-order valence-corrected chi connectivity index (χ4v) is 1.26. The van der Waals surface area contributed by atoms with Gasteiger partial charge in [-0.15, -0.1) is 0 Å². The molecule has 3 nitrogen and oxygen atoms in total. The van der Waals surface area contributed by atoms with Gasteiger partial charge in [0, 0.05) is 13.7 Å². The van der Waals surface area contributed by atoms with Crippen LogP contribution in [0.2, 0.25) is 0 Å². The summed E-state index contributed by atoms with van der Waals surface area (Å²) in [6.45, 7) is 1.34. The van der Waals surface area contributed by atoms with Crippen molar-refractivity contribution >= 4 is 0 Å². The van der Waals surface area contributed by atoms with Crippen molar-refractivity contribution in [1.82, 2.24) is 0 Å². The summed E-state index contributed by atoms with van der Waals surface area (Å²) >= 11 is 0. The van der Waals surface area contributed by atoms with Crippen molar-refractivity contribution in [1.29, 1.82) is 0 Å². The van der Waals surface area contributed by atoms with Crippen LogP contribution in [0, 0.1) is 0 Å². The molecule has 0 aliphatic carbocycles. The van der Waals surface area contributed by atoms with E-state index < -0.39 is 0 Å². The Hall–Kier alpha value is -0.120. The number of rotatable bonds is 3. The van der Waals surface area contributed by atoms with Crippen LogP contribution in [0.5, 0.6) is 0 Å². The van der Waals surface area contributed by atoms with Crippen LogP contribution in [-0.4, -0.2) is 32.5 Å². The summed E-state index contributed by atoms with van der Waals surface area (Å²) < 4.78 is 10.5. The van der Waals surface area contributed by atoms with E-state index in [0.29, 0.717) is 19.3 Å². The van der Waals surface area contributed by atoms with E-state index in [-0.39, 0.29) is 6.10 Å². The predicted octanol–water partition coefficient (Wildman–Crippen LogP) is 0.139. The van der Waals surface area contributed by atoms with Crippen LogP contribution in [0.3, 0.4) is 0 Å². The summed E-state index contributed by atoms with van der Waals surface area (Å²) in [7, 11) is 1.69. The topological polar surface area (TPSA) is 44.5 Å². The Morgan fingerprint density at radius 1 is 1.50 bits per heavy atom. The first-order chi connectivity index (χ1) is 4.86. The van der Waals surface area contributed by atoms with Gasteiger partial charge < -0.3 is 15.2 Å². The lowest BCUT2D eigenvalue weighted by atomic mass is 10.2. The van der Waals surface area contributed by atoms with Crippen LogP contribution < -0.4 is 5.73 Å². The molecule has 1 heterocycles. The van der Waals surface area contributed by atoms with Crippen LogP contribution >= 0.6 is 0 Å². The summed E-state index contributed by atoms with van der Waals surface area (Å²) in [4.78, 5) is 0. The standard InChI is InChI=1S/C7H15NO2/c1-9-5-7-3-2-6(4-8)10-7/h6-7H,2-5,8H2,1H3. The van der Waals surface area contributed by atoms with Gasteiger partial charge in [-0.2, -0.15) is 0 Å². The quantitative estimate of drug-likeness (QED) is 0.614. The molecule has 0 bridgehead atoms. The molecule has 0 spiro atoms. The van der Waals surface area contributed by atoms with Gasteiger partial charge in [-0.3, -0.25) is 0 Å². The molecular formula is C7H15NO2. The van der Waals surface area contributed by atoms with Gasteiger partial charge in [-0.05, 0) is 12.8 Å². The molecule has 1 rings (SSSR count). The molecule has 1 aliphatic heterocycles. The van der Waals surface area contributed by atoms with Crippen molar-refractivity contribution in [3.8, 4) is 0 Å². The van der Waals surface area contributed by atoms with E-state index in [0.717, 1.165) is 12.8 Å². The van der Waals surface area contributed by atoms with Crippen LogP contribution in [0.15, 0.2) is 0 Å². The highest BCUT2D eigenvalue weighted by Gasteiger charge is 2.23. The average molecular weight is 145 g/mol. The highest BCUT2D eigenvalue weighted by atomic mass is 16.5. The molecule has 2 unspecified atom stereocenters. The second kappa shape index (κ2) is 3.91. The largest absolute Gasteiger partial charge is 0.382 e. The fourth-order valence-electron chi connectivity index (χ4n) is 1.26. The van der Waals surface area contributed by atoms with Gasteiger partial charge in [0.25, 0.3) is 0 Å². The Kier molecular flexibility index (Phi) is 3.12. The van der Waals surface area contributed by atoms with Crippen LogP contribution in [0.1, 0.15) is 12.8 Å². The first-order valence-electron chi connectivity index (χ1n) is 3.71. The molecule has 10 heavy (non-hydrogen) atoms. The second-order valence-corrected chi connectivity index (χ2v) is 2.65. The molecule has 0 aromatic carbocycles. The summed E-state index contributed by atoms with van der Waals surface area (Å²) in [5.41, 5.74) is 5.43. The third-order valence-corrected chi connectivity index (χ3v) is 1.81. The van der Waals surface area contributed by atoms with Gasteiger partial charge in [-0.25, -0.2) is 0 Å². The zero-order chi connectivity index (χ0) is 7.40. The van der Waals surface area contributed by atoms with Crippen LogP contribution in [-0.2, 0) is 9.47 Å². The number of ether oxygens (including phenoxy) is 2. The molecule has 1 aliphatic rings. The minimum Gasteiger partial charge on any atom is -0.382 e. The molecule has 0 aromatic rings. The van der Waals surface area contributed by atoms with Gasteiger partial charge in [0.05, 0.1) is 18.8 Å². The van der Waals surface area contributed by atoms with E-state index in [1.54, 1.807) is 7.11 Å². The van der Waals surface area contributed by atoms with Gasteiger partial charge >= 0.3 is 0 Å². The SMILES string of the molecule is COCC1CCC(CN)O1. The van der Waals surface area contributed by atoms with E-state index >= 15 is 0 Å². The lowest BCUT2D eigenvalue weighted by Crippen LogP contribution is -2.22. The van der Waals surface area contributed by atoms with Crippen LogP contribution in [0.4, 0.5) is 0 Å². The third-order valence-electron chi connectivity index (χ3n) is 1.81. The third kappa shape index (κ3) is 1.94. The van der Waals surface area contributed by atoms with E-state index in [1.807, 2.05) is 0 Å². The van der Waals surface area contributed by atoms with Crippen molar-refractivity contribution < 1.29 is 9.47 Å². The second-order valence-electron chi connectivity index (χ2n) is 2.65. The Labute approximate surface area is 61.5 Å². The normalized spacial score (nSPS) is 33.0. The Bertz CT molecular complexity index is 97.6. The molecule has 0 aromatic heterocycles. The van der Waals surface area contributed by atoms with Crippen molar-refractivity contribution in [2.75, 3.05) is 20.3 Å². The molecule has 1 saturated heterocycles. The Morgan fingerprint density at radius 3 is 2.70 bits per heavy atom. The molecule has 0 saturated carbocycles. The maximum atomic E-state index is 5.50. The highest BCUT2D eigenvalue weighted by molar-refractivity contribution is 4.73. The number of hydrogen-bond acceptors (Lipinski definition) is 3. The lowest BCUT2D eigenvalue weighted by Gasteiger charge is -2.10. The van der Waals surface area contributed by atoms with Crippen molar-refractivity contribution in [3.63, 3.8) is 0 Å². The molecule has 0 radical (unpaired) electrons.